The molecule has 1 rings (SSSR count). The predicted octanol–water partition coefficient (Wildman–Crippen LogP) is 3.49. The lowest BCUT2D eigenvalue weighted by atomic mass is 9.99. The first-order valence-electron chi connectivity index (χ1n) is 15.4. The van der Waals surface area contributed by atoms with Gasteiger partial charge in [-0.15, -0.1) is 0 Å². The van der Waals surface area contributed by atoms with Crippen LogP contribution in [-0.4, -0.2) is 87.5 Å². The molecule has 39 heavy (non-hydrogen) atoms. The van der Waals surface area contributed by atoms with Crippen LogP contribution in [0.4, 0.5) is 0 Å². The Balaban J connectivity index is 2.38. The van der Waals surface area contributed by atoms with E-state index in [0.29, 0.717) is 12.8 Å². The third kappa shape index (κ3) is 15.5. The molecule has 0 bridgehead atoms. The van der Waals surface area contributed by atoms with Crippen LogP contribution in [0.2, 0.25) is 0 Å². The van der Waals surface area contributed by atoms with E-state index in [9.17, 15) is 30.3 Å². The van der Waals surface area contributed by atoms with Crippen molar-refractivity contribution < 1.29 is 39.8 Å². The average Bonchev–Trinajstić information content (AvgIpc) is 2.93. The first kappa shape index (κ1) is 36.0. The lowest BCUT2D eigenvalue weighted by Gasteiger charge is -2.40. The minimum Gasteiger partial charge on any atom is -0.394 e. The number of unbranched alkanes of at least 4 members (excludes halogenated alkanes) is 11. The molecular weight excluding hydrogens is 502 g/mol. The fourth-order valence-corrected chi connectivity index (χ4v) is 4.74. The van der Waals surface area contributed by atoms with Crippen LogP contribution in [0.15, 0.2) is 12.2 Å². The number of hydrogen-bond donors (Lipinski definition) is 6. The zero-order valence-electron chi connectivity index (χ0n) is 24.4. The largest absolute Gasteiger partial charge is 0.394 e. The molecule has 1 fully saturated rings. The summed E-state index contributed by atoms with van der Waals surface area (Å²) in [4.78, 5) is 12.6. The number of aliphatic hydroxyl groups excluding tert-OH is 5. The normalized spacial score (nSPS) is 25.2. The van der Waals surface area contributed by atoms with Crippen molar-refractivity contribution in [1.29, 1.82) is 0 Å². The van der Waals surface area contributed by atoms with Crippen LogP contribution < -0.4 is 5.32 Å². The van der Waals surface area contributed by atoms with Gasteiger partial charge in [0.15, 0.2) is 6.29 Å². The van der Waals surface area contributed by atoms with Gasteiger partial charge in [-0.1, -0.05) is 83.8 Å². The van der Waals surface area contributed by atoms with Crippen LogP contribution in [0.5, 0.6) is 0 Å². The fourth-order valence-electron chi connectivity index (χ4n) is 4.74. The summed E-state index contributed by atoms with van der Waals surface area (Å²) < 4.78 is 11.0. The van der Waals surface area contributed by atoms with Crippen LogP contribution in [0.3, 0.4) is 0 Å². The van der Waals surface area contributed by atoms with Gasteiger partial charge in [0.25, 0.3) is 0 Å². The maximum atomic E-state index is 12.6. The highest BCUT2D eigenvalue weighted by Crippen LogP contribution is 2.22. The summed E-state index contributed by atoms with van der Waals surface area (Å²) in [6.07, 6.45) is 13.0. The van der Waals surface area contributed by atoms with E-state index in [1.165, 1.54) is 38.5 Å². The third-order valence-corrected chi connectivity index (χ3v) is 7.37. The van der Waals surface area contributed by atoms with Gasteiger partial charge in [0, 0.05) is 6.42 Å². The first-order valence-corrected chi connectivity index (χ1v) is 15.4. The molecule has 0 aromatic carbocycles. The standard InChI is InChI=1S/C30H57NO8/c1-3-5-7-8-9-10-11-12-13-14-15-16-18-20-26(34)31-23(24(33)19-17-6-4-2)22-38-30-29(37)28(36)27(35)25(21-32)39-30/h10-11,23-25,27-30,32-33,35-37H,3-9,12-22H2,1-2H3,(H,31,34)/b11-10-. The highest BCUT2D eigenvalue weighted by Gasteiger charge is 2.44. The van der Waals surface area contributed by atoms with Gasteiger partial charge in [-0.05, 0) is 38.5 Å². The lowest BCUT2D eigenvalue weighted by Crippen LogP contribution is -2.60. The summed E-state index contributed by atoms with van der Waals surface area (Å²) in [7, 11) is 0. The van der Waals surface area contributed by atoms with E-state index in [0.717, 1.165) is 51.4 Å². The second-order valence-electron chi connectivity index (χ2n) is 10.9. The van der Waals surface area contributed by atoms with Gasteiger partial charge >= 0.3 is 0 Å². The van der Waals surface area contributed by atoms with Crippen LogP contribution >= 0.6 is 0 Å². The quantitative estimate of drug-likeness (QED) is 0.0823. The second-order valence-corrected chi connectivity index (χ2v) is 10.9. The molecule has 1 aliphatic rings. The van der Waals surface area contributed by atoms with Crippen LogP contribution in [-0.2, 0) is 14.3 Å². The molecule has 6 N–H and O–H groups in total. The molecule has 0 aromatic heterocycles. The number of hydrogen-bond acceptors (Lipinski definition) is 8. The molecule has 0 aromatic rings. The van der Waals surface area contributed by atoms with Crippen molar-refractivity contribution in [3.8, 4) is 0 Å². The van der Waals surface area contributed by atoms with Crippen LogP contribution in [0.1, 0.15) is 117 Å². The Kier molecular flexibility index (Phi) is 20.8. The van der Waals surface area contributed by atoms with Crippen molar-refractivity contribution in [3.63, 3.8) is 0 Å². The Morgan fingerprint density at radius 3 is 2.08 bits per heavy atom. The number of ether oxygens (including phenoxy) is 2. The number of allylic oxidation sites excluding steroid dienone is 2. The van der Waals surface area contributed by atoms with E-state index in [-0.39, 0.29) is 12.5 Å². The first-order chi connectivity index (χ1) is 18.8. The molecule has 0 aliphatic carbocycles. The van der Waals surface area contributed by atoms with E-state index < -0.39 is 49.5 Å². The van der Waals surface area contributed by atoms with Gasteiger partial charge in [0.05, 0.1) is 25.4 Å². The van der Waals surface area contributed by atoms with Crippen molar-refractivity contribution in [2.24, 2.45) is 0 Å². The monoisotopic (exact) mass is 559 g/mol. The van der Waals surface area contributed by atoms with Crippen molar-refractivity contribution in [3.05, 3.63) is 12.2 Å². The van der Waals surface area contributed by atoms with Crippen molar-refractivity contribution in [2.75, 3.05) is 13.2 Å². The molecule has 1 saturated heterocycles. The summed E-state index contributed by atoms with van der Waals surface area (Å²) >= 11 is 0. The molecule has 9 nitrogen and oxygen atoms in total. The summed E-state index contributed by atoms with van der Waals surface area (Å²) in [5, 5.41) is 53.1. The SMILES string of the molecule is CCCCCC/C=C\CCCCCCCC(=O)NC(COC1OC(CO)C(O)C(O)C1O)C(O)CCCCC. The van der Waals surface area contributed by atoms with Crippen LogP contribution in [0, 0.1) is 0 Å². The fraction of sp³-hybridized carbons (Fsp3) is 0.900. The van der Waals surface area contributed by atoms with Crippen molar-refractivity contribution in [1.82, 2.24) is 5.32 Å². The van der Waals surface area contributed by atoms with E-state index >= 15 is 0 Å². The number of aliphatic hydroxyl groups is 5. The Labute approximate surface area is 236 Å². The predicted molar refractivity (Wildman–Crippen MR) is 152 cm³/mol. The molecule has 7 atom stereocenters. The molecule has 1 heterocycles. The van der Waals surface area contributed by atoms with Gasteiger partial charge in [0.1, 0.15) is 24.4 Å². The third-order valence-electron chi connectivity index (χ3n) is 7.37. The van der Waals surface area contributed by atoms with E-state index in [2.05, 4.69) is 31.3 Å². The Morgan fingerprint density at radius 2 is 1.44 bits per heavy atom. The van der Waals surface area contributed by atoms with Gasteiger partial charge in [-0.25, -0.2) is 0 Å². The lowest BCUT2D eigenvalue weighted by molar-refractivity contribution is -0.302. The molecule has 1 aliphatic heterocycles. The maximum Gasteiger partial charge on any atom is 0.220 e. The topological polar surface area (TPSA) is 149 Å². The molecule has 9 heteroatoms. The van der Waals surface area contributed by atoms with Gasteiger partial charge in [-0.3, -0.25) is 4.79 Å². The van der Waals surface area contributed by atoms with E-state index in [1.54, 1.807) is 0 Å². The summed E-state index contributed by atoms with van der Waals surface area (Å²) in [5.74, 6) is -0.169. The molecular formula is C30H57NO8. The molecule has 7 unspecified atom stereocenters. The average molecular weight is 560 g/mol. The summed E-state index contributed by atoms with van der Waals surface area (Å²) in [5.41, 5.74) is 0. The minimum atomic E-state index is -1.55. The molecule has 0 saturated carbocycles. The highest BCUT2D eigenvalue weighted by atomic mass is 16.7. The van der Waals surface area contributed by atoms with E-state index in [1.807, 2.05) is 0 Å². The number of nitrogens with one attached hydrogen (secondary N) is 1. The molecule has 0 radical (unpaired) electrons. The zero-order valence-corrected chi connectivity index (χ0v) is 24.4. The Hall–Kier alpha value is -1.07. The van der Waals surface area contributed by atoms with Gasteiger partial charge in [-0.2, -0.15) is 0 Å². The molecule has 1 amide bonds. The van der Waals surface area contributed by atoms with Gasteiger partial charge in [0.2, 0.25) is 5.91 Å². The second kappa shape index (κ2) is 22.6. The highest BCUT2D eigenvalue weighted by molar-refractivity contribution is 5.76. The number of carbonyl (C=O) groups excluding carboxylic acids is 1. The smallest absolute Gasteiger partial charge is 0.220 e. The van der Waals surface area contributed by atoms with Crippen molar-refractivity contribution in [2.45, 2.75) is 159 Å². The molecule has 0 spiro atoms. The summed E-state index contributed by atoms with van der Waals surface area (Å²) in [6.45, 7) is 3.60. The van der Waals surface area contributed by atoms with Gasteiger partial charge < -0.3 is 40.3 Å². The van der Waals surface area contributed by atoms with Crippen LogP contribution in [0.25, 0.3) is 0 Å². The maximum absolute atomic E-state index is 12.6. The summed E-state index contributed by atoms with van der Waals surface area (Å²) in [6, 6.07) is -0.713. The Morgan fingerprint density at radius 1 is 0.846 bits per heavy atom. The number of amides is 1. The molecule has 230 valence electrons. The number of rotatable bonds is 23. The number of carbonyl (C=O) groups is 1. The van der Waals surface area contributed by atoms with E-state index in [4.69, 9.17) is 9.47 Å². The minimum absolute atomic E-state index is 0.145. The Bertz CT molecular complexity index is 632. The van der Waals surface area contributed by atoms with Crippen molar-refractivity contribution >= 4 is 5.91 Å². The zero-order chi connectivity index (χ0) is 28.9.